The molecule has 170 valence electrons. The van der Waals surface area contributed by atoms with E-state index in [1.54, 1.807) is 19.1 Å². The van der Waals surface area contributed by atoms with E-state index in [2.05, 4.69) is 30.6 Å². The fourth-order valence-corrected chi connectivity index (χ4v) is 3.49. The molecule has 11 heteroatoms. The Morgan fingerprint density at radius 2 is 2.09 bits per heavy atom. The number of allylic oxidation sites excluding steroid dienone is 1. The first-order chi connectivity index (χ1) is 15.5. The molecule has 32 heavy (non-hydrogen) atoms. The van der Waals surface area contributed by atoms with Gasteiger partial charge in [-0.25, -0.2) is 24.1 Å². The zero-order valence-electron chi connectivity index (χ0n) is 17.8. The number of aliphatic imine (C=N–C) groups is 1. The predicted molar refractivity (Wildman–Crippen MR) is 119 cm³/mol. The average Bonchev–Trinajstić information content (AvgIpc) is 2.78. The number of pyridine rings is 1. The summed E-state index contributed by atoms with van der Waals surface area (Å²) < 4.78 is 29.2. The Hall–Kier alpha value is -3.63. The van der Waals surface area contributed by atoms with Crippen LogP contribution in [0.15, 0.2) is 35.7 Å². The minimum absolute atomic E-state index is 0.142. The zero-order valence-corrected chi connectivity index (χ0v) is 17.8. The molecule has 1 fully saturated rings. The highest BCUT2D eigenvalue weighted by atomic mass is 19.1. The third-order valence-corrected chi connectivity index (χ3v) is 5.09. The molecule has 2 aromatic heterocycles. The van der Waals surface area contributed by atoms with Crippen LogP contribution in [0.5, 0.6) is 0 Å². The average molecular weight is 444 g/mol. The lowest BCUT2D eigenvalue weighted by Crippen LogP contribution is -2.35. The molecule has 0 aliphatic carbocycles. The van der Waals surface area contributed by atoms with Gasteiger partial charge in [0.15, 0.2) is 17.5 Å². The Kier molecular flexibility index (Phi) is 8.01. The van der Waals surface area contributed by atoms with Crippen LogP contribution in [0.3, 0.4) is 0 Å². The number of nitrogens with zero attached hydrogens (tertiary/aromatic N) is 5. The number of aromatic nitrogens is 3. The van der Waals surface area contributed by atoms with E-state index < -0.39 is 17.8 Å². The van der Waals surface area contributed by atoms with E-state index in [1.165, 1.54) is 24.8 Å². The van der Waals surface area contributed by atoms with Crippen LogP contribution in [0, 0.1) is 17.7 Å². The van der Waals surface area contributed by atoms with Crippen molar-refractivity contribution in [3.8, 4) is 0 Å². The van der Waals surface area contributed by atoms with Crippen LogP contribution in [0.2, 0.25) is 0 Å². The van der Waals surface area contributed by atoms with Gasteiger partial charge in [0.1, 0.15) is 6.33 Å². The summed E-state index contributed by atoms with van der Waals surface area (Å²) in [6.45, 7) is 3.40. The van der Waals surface area contributed by atoms with E-state index in [-0.39, 0.29) is 23.2 Å². The molecule has 1 aliphatic heterocycles. The van der Waals surface area contributed by atoms with Gasteiger partial charge in [0.25, 0.3) is 0 Å². The van der Waals surface area contributed by atoms with Gasteiger partial charge in [0.2, 0.25) is 5.95 Å². The van der Waals surface area contributed by atoms with Crippen molar-refractivity contribution in [3.63, 3.8) is 0 Å². The maximum absolute atomic E-state index is 14.7. The van der Waals surface area contributed by atoms with Gasteiger partial charge >= 0.3 is 6.03 Å². The molecule has 0 spiro atoms. The van der Waals surface area contributed by atoms with Crippen molar-refractivity contribution in [1.29, 1.82) is 0 Å². The summed E-state index contributed by atoms with van der Waals surface area (Å²) >= 11 is 0. The van der Waals surface area contributed by atoms with Gasteiger partial charge in [-0.1, -0.05) is 0 Å². The fourth-order valence-electron chi connectivity index (χ4n) is 3.49. The molecule has 0 unspecified atom stereocenters. The standard InChI is InChI=1S/C21H26F2N8O/c1-2-25-21(32)30-20-18(22)15(27-13-28-20)12-14-6-10-31(11-7-14)16-4-5-17(29-19(16)23)26-9-3-8-24/h3-5,8-9,13-14H,2,6-7,10-12,24H2,1H3,(H2,25,27,28,30,32)/b8-3-,26-9?. The van der Waals surface area contributed by atoms with E-state index in [9.17, 15) is 13.6 Å². The minimum atomic E-state index is -0.628. The molecule has 2 amide bonds. The second kappa shape index (κ2) is 11.1. The molecule has 9 nitrogen and oxygen atoms in total. The lowest BCUT2D eigenvalue weighted by molar-refractivity contribution is 0.252. The van der Waals surface area contributed by atoms with Gasteiger partial charge in [0, 0.05) is 25.8 Å². The van der Waals surface area contributed by atoms with Gasteiger partial charge < -0.3 is 16.0 Å². The molecule has 2 aromatic rings. The van der Waals surface area contributed by atoms with Crippen molar-refractivity contribution in [2.75, 3.05) is 29.9 Å². The predicted octanol–water partition coefficient (Wildman–Crippen LogP) is 2.93. The monoisotopic (exact) mass is 444 g/mol. The van der Waals surface area contributed by atoms with Crippen molar-refractivity contribution in [2.24, 2.45) is 16.6 Å². The number of hydrogen-bond acceptors (Lipinski definition) is 7. The number of urea groups is 1. The Bertz CT molecular complexity index is 990. The Morgan fingerprint density at radius 1 is 1.31 bits per heavy atom. The van der Waals surface area contributed by atoms with Gasteiger partial charge in [-0.2, -0.15) is 9.37 Å². The molecule has 0 atom stereocenters. The van der Waals surface area contributed by atoms with Crippen LogP contribution in [-0.2, 0) is 6.42 Å². The van der Waals surface area contributed by atoms with Crippen LogP contribution >= 0.6 is 0 Å². The molecule has 0 saturated carbocycles. The number of anilines is 2. The quantitative estimate of drug-likeness (QED) is 0.446. The van der Waals surface area contributed by atoms with E-state index >= 15 is 0 Å². The summed E-state index contributed by atoms with van der Waals surface area (Å²) in [5, 5.41) is 4.92. The maximum atomic E-state index is 14.7. The third kappa shape index (κ3) is 5.96. The van der Waals surface area contributed by atoms with Crippen molar-refractivity contribution >= 4 is 29.6 Å². The third-order valence-electron chi connectivity index (χ3n) is 5.09. The minimum Gasteiger partial charge on any atom is -0.405 e. The largest absolute Gasteiger partial charge is 0.405 e. The second-order valence-corrected chi connectivity index (χ2v) is 7.24. The number of carbonyl (C=O) groups is 1. The lowest BCUT2D eigenvalue weighted by Gasteiger charge is -2.33. The van der Waals surface area contributed by atoms with Crippen LogP contribution in [0.1, 0.15) is 25.5 Å². The molecular formula is C21H26F2N8O. The molecule has 4 N–H and O–H groups in total. The number of nitrogens with one attached hydrogen (secondary N) is 2. The molecule has 1 aliphatic rings. The Labute approximate surface area is 184 Å². The van der Waals surface area contributed by atoms with E-state index in [0.717, 1.165) is 12.8 Å². The van der Waals surface area contributed by atoms with Crippen LogP contribution < -0.4 is 21.3 Å². The Balaban J connectivity index is 1.59. The normalized spacial score (nSPS) is 14.9. The number of nitrogens with two attached hydrogens (primary N) is 1. The number of carbonyl (C=O) groups excluding carboxylic acids is 1. The first-order valence-corrected chi connectivity index (χ1v) is 10.4. The Morgan fingerprint density at radius 3 is 2.78 bits per heavy atom. The summed E-state index contributed by atoms with van der Waals surface area (Å²) in [6.07, 6.45) is 7.42. The molecule has 0 bridgehead atoms. The fraction of sp³-hybridized carbons (Fsp3) is 0.381. The SMILES string of the molecule is CCNC(=O)Nc1ncnc(CC2CCN(c3ccc(N=C/C=C\N)nc3F)CC2)c1F. The van der Waals surface area contributed by atoms with E-state index in [1.807, 2.05) is 4.90 Å². The van der Waals surface area contributed by atoms with Crippen molar-refractivity contribution < 1.29 is 13.6 Å². The first kappa shape index (κ1) is 23.0. The van der Waals surface area contributed by atoms with E-state index in [4.69, 9.17) is 5.73 Å². The number of hydrogen-bond donors (Lipinski definition) is 3. The molecule has 1 saturated heterocycles. The van der Waals surface area contributed by atoms with Crippen LogP contribution in [0.25, 0.3) is 0 Å². The number of amides is 2. The number of piperidine rings is 1. The van der Waals surface area contributed by atoms with Crippen LogP contribution in [-0.4, -0.2) is 46.8 Å². The van der Waals surface area contributed by atoms with Gasteiger partial charge in [-0.3, -0.25) is 5.32 Å². The summed E-state index contributed by atoms with van der Waals surface area (Å²) in [5.41, 5.74) is 5.90. The molecule has 3 heterocycles. The lowest BCUT2D eigenvalue weighted by atomic mass is 9.91. The van der Waals surface area contributed by atoms with Gasteiger partial charge in [-0.15, -0.1) is 0 Å². The van der Waals surface area contributed by atoms with Gasteiger partial charge in [0.05, 0.1) is 11.4 Å². The summed E-state index contributed by atoms with van der Waals surface area (Å²) in [4.78, 5) is 29.3. The van der Waals surface area contributed by atoms with E-state index in [0.29, 0.717) is 31.7 Å². The second-order valence-electron chi connectivity index (χ2n) is 7.24. The molecule has 0 radical (unpaired) electrons. The van der Waals surface area contributed by atoms with Gasteiger partial charge in [-0.05, 0) is 56.5 Å². The van der Waals surface area contributed by atoms with Crippen molar-refractivity contribution in [3.05, 3.63) is 48.2 Å². The summed E-state index contributed by atoms with van der Waals surface area (Å²) in [6, 6.07) is 2.78. The molecule has 0 aromatic carbocycles. The molecule has 3 rings (SSSR count). The van der Waals surface area contributed by atoms with Crippen LogP contribution in [0.4, 0.5) is 30.9 Å². The number of halogens is 2. The summed E-state index contributed by atoms with van der Waals surface area (Å²) in [7, 11) is 0. The molecular weight excluding hydrogens is 418 g/mol. The smallest absolute Gasteiger partial charge is 0.320 e. The number of rotatable bonds is 7. The zero-order chi connectivity index (χ0) is 22.9. The summed E-state index contributed by atoms with van der Waals surface area (Å²) in [5.74, 6) is -0.919. The highest BCUT2D eigenvalue weighted by Gasteiger charge is 2.24. The topological polar surface area (TPSA) is 121 Å². The first-order valence-electron chi connectivity index (χ1n) is 10.4. The van der Waals surface area contributed by atoms with Crippen molar-refractivity contribution in [2.45, 2.75) is 26.2 Å². The highest BCUT2D eigenvalue weighted by molar-refractivity contribution is 5.88. The maximum Gasteiger partial charge on any atom is 0.320 e. The highest BCUT2D eigenvalue weighted by Crippen LogP contribution is 2.28. The van der Waals surface area contributed by atoms with Crippen molar-refractivity contribution in [1.82, 2.24) is 20.3 Å².